The van der Waals surface area contributed by atoms with Crippen LogP contribution in [-0.4, -0.2) is 24.1 Å². The molecule has 0 amide bonds. The minimum absolute atomic E-state index is 0.0347. The van der Waals surface area contributed by atoms with Gasteiger partial charge in [-0.3, -0.25) is 14.2 Å². The van der Waals surface area contributed by atoms with Crippen LogP contribution in [-0.2, 0) is 16.1 Å². The fourth-order valence-corrected chi connectivity index (χ4v) is 4.00. The van der Waals surface area contributed by atoms with Gasteiger partial charge in [0.15, 0.2) is 5.78 Å². The van der Waals surface area contributed by atoms with Gasteiger partial charge in [0, 0.05) is 22.6 Å². The van der Waals surface area contributed by atoms with Crippen LogP contribution in [0.4, 0.5) is 0 Å². The zero-order valence-corrected chi connectivity index (χ0v) is 18.3. The predicted octanol–water partition coefficient (Wildman–Crippen LogP) is 2.98. The highest BCUT2D eigenvalue weighted by Gasteiger charge is 2.27. The van der Waals surface area contributed by atoms with Crippen LogP contribution in [0.15, 0.2) is 23.0 Å². The average Bonchev–Trinajstić information content (AvgIpc) is 2.91. The number of ketones is 1. The van der Waals surface area contributed by atoms with Crippen molar-refractivity contribution in [2.24, 2.45) is 5.41 Å². The van der Waals surface area contributed by atoms with E-state index in [1.165, 1.54) is 11.7 Å². The van der Waals surface area contributed by atoms with E-state index in [9.17, 15) is 14.9 Å². The maximum atomic E-state index is 13.0. The summed E-state index contributed by atoms with van der Waals surface area (Å²) in [5, 5.41) is 10.5. The largest absolute Gasteiger partial charge is 0.383 e. The van der Waals surface area contributed by atoms with E-state index in [-0.39, 0.29) is 30.1 Å². The lowest BCUT2D eigenvalue weighted by molar-refractivity contribution is -0.120. The molecule has 28 heavy (non-hydrogen) atoms. The lowest BCUT2D eigenvalue weighted by Crippen LogP contribution is -2.35. The standard InChI is InChI=1S/C20H20Cl2N2O3S/c1-20(2,3)17(25)14(11-23)19-24(7-8-27-4)18(26)16(28-19)9-12-5-6-13(21)10-15(12)22/h5-6,9-10H,7-8H2,1-4H3. The van der Waals surface area contributed by atoms with E-state index in [2.05, 4.69) is 0 Å². The number of thiazole rings is 1. The monoisotopic (exact) mass is 438 g/mol. The van der Waals surface area contributed by atoms with Crippen LogP contribution in [0.25, 0.3) is 11.6 Å². The third kappa shape index (κ3) is 4.92. The second kappa shape index (κ2) is 9.06. The molecule has 0 atom stereocenters. The molecule has 0 radical (unpaired) electrons. The van der Waals surface area contributed by atoms with Gasteiger partial charge in [-0.2, -0.15) is 5.26 Å². The summed E-state index contributed by atoms with van der Waals surface area (Å²) in [6.45, 7) is 5.70. The Morgan fingerprint density at radius 2 is 2.04 bits per heavy atom. The number of benzene rings is 1. The summed E-state index contributed by atoms with van der Waals surface area (Å²) in [6.07, 6.45) is 1.63. The van der Waals surface area contributed by atoms with Crippen molar-refractivity contribution < 1.29 is 9.53 Å². The first kappa shape index (κ1) is 22.4. The molecule has 0 saturated heterocycles. The molecule has 2 rings (SSSR count). The third-order valence-corrected chi connectivity index (χ3v) is 5.60. The van der Waals surface area contributed by atoms with Crippen molar-refractivity contribution in [3.8, 4) is 6.07 Å². The van der Waals surface area contributed by atoms with Gasteiger partial charge in [0.05, 0.1) is 17.7 Å². The Morgan fingerprint density at radius 3 is 2.57 bits per heavy atom. The third-order valence-electron chi connectivity index (χ3n) is 3.91. The van der Waals surface area contributed by atoms with Crippen LogP contribution in [0.1, 0.15) is 26.3 Å². The van der Waals surface area contributed by atoms with Gasteiger partial charge in [-0.15, -0.1) is 11.3 Å². The van der Waals surface area contributed by atoms with Crippen LogP contribution >= 0.6 is 34.5 Å². The lowest BCUT2D eigenvalue weighted by Gasteiger charge is -2.15. The van der Waals surface area contributed by atoms with Gasteiger partial charge in [-0.05, 0) is 23.8 Å². The first-order valence-electron chi connectivity index (χ1n) is 8.44. The minimum atomic E-state index is -0.749. The number of nitrogens with zero attached hydrogens (tertiary/aromatic N) is 2. The highest BCUT2D eigenvalue weighted by atomic mass is 35.5. The summed E-state index contributed by atoms with van der Waals surface area (Å²) >= 11 is 13.2. The number of Topliss-reactive ketones (excluding diaryl/α,β-unsaturated/α-hetero) is 1. The second-order valence-electron chi connectivity index (χ2n) is 7.10. The number of methoxy groups -OCH3 is 1. The highest BCUT2D eigenvalue weighted by molar-refractivity contribution is 7.07. The molecule has 0 fully saturated rings. The molecule has 0 aliphatic carbocycles. The summed E-state index contributed by atoms with van der Waals surface area (Å²) < 4.78 is 7.17. The van der Waals surface area contributed by atoms with Gasteiger partial charge in [-0.1, -0.05) is 50.0 Å². The molecule has 0 saturated carbocycles. The molecule has 5 nitrogen and oxygen atoms in total. The summed E-state index contributed by atoms with van der Waals surface area (Å²) in [4.78, 5) is 25.7. The number of hydrogen-bond acceptors (Lipinski definition) is 5. The van der Waals surface area contributed by atoms with E-state index >= 15 is 0 Å². The number of ether oxygens (including phenoxy) is 1. The van der Waals surface area contributed by atoms with E-state index in [1.54, 1.807) is 45.0 Å². The summed E-state index contributed by atoms with van der Waals surface area (Å²) in [7, 11) is 1.52. The summed E-state index contributed by atoms with van der Waals surface area (Å²) in [5.74, 6) is -0.321. The molecule has 2 aromatic rings. The number of carbonyl (C=O) groups excluding carboxylic acids is 1. The predicted molar refractivity (Wildman–Crippen MR) is 113 cm³/mol. The molecular formula is C20H20Cl2N2O3S. The van der Waals surface area contributed by atoms with Crippen molar-refractivity contribution in [1.29, 1.82) is 5.26 Å². The number of nitriles is 1. The van der Waals surface area contributed by atoms with Crippen molar-refractivity contribution >= 4 is 52.0 Å². The Bertz CT molecular complexity index is 1120. The summed E-state index contributed by atoms with van der Waals surface area (Å²) in [6, 6.07) is 6.95. The van der Waals surface area contributed by atoms with Gasteiger partial charge in [0.1, 0.15) is 16.3 Å². The van der Waals surface area contributed by atoms with Gasteiger partial charge < -0.3 is 4.74 Å². The molecule has 8 heteroatoms. The Hall–Kier alpha value is -1.91. The van der Waals surface area contributed by atoms with Crippen molar-refractivity contribution in [1.82, 2.24) is 4.57 Å². The topological polar surface area (TPSA) is 72.1 Å². The molecule has 1 heterocycles. The highest BCUT2D eigenvalue weighted by Crippen LogP contribution is 2.21. The number of hydrogen-bond donors (Lipinski definition) is 0. The lowest BCUT2D eigenvalue weighted by atomic mass is 9.87. The van der Waals surface area contributed by atoms with E-state index in [1.807, 2.05) is 6.07 Å². The van der Waals surface area contributed by atoms with Gasteiger partial charge in [0.2, 0.25) is 0 Å². The van der Waals surface area contributed by atoms with E-state index < -0.39 is 5.41 Å². The van der Waals surface area contributed by atoms with Crippen molar-refractivity contribution in [2.45, 2.75) is 27.3 Å². The van der Waals surface area contributed by atoms with Crippen LogP contribution < -0.4 is 14.8 Å². The molecular weight excluding hydrogens is 419 g/mol. The van der Waals surface area contributed by atoms with Gasteiger partial charge in [-0.25, -0.2) is 0 Å². The molecule has 0 aliphatic rings. The van der Waals surface area contributed by atoms with E-state index in [0.29, 0.717) is 24.8 Å². The molecule has 0 aliphatic heterocycles. The van der Waals surface area contributed by atoms with Crippen LogP contribution in [0.5, 0.6) is 0 Å². The first-order chi connectivity index (χ1) is 13.1. The quantitative estimate of drug-likeness (QED) is 0.718. The van der Waals surface area contributed by atoms with Crippen LogP contribution in [0.3, 0.4) is 0 Å². The number of aromatic nitrogens is 1. The zero-order chi connectivity index (χ0) is 21.1. The van der Waals surface area contributed by atoms with Crippen molar-refractivity contribution in [3.63, 3.8) is 0 Å². The molecule has 1 aromatic heterocycles. The molecule has 0 N–H and O–H groups in total. The van der Waals surface area contributed by atoms with Crippen molar-refractivity contribution in [2.75, 3.05) is 13.7 Å². The fourth-order valence-electron chi connectivity index (χ4n) is 2.42. The van der Waals surface area contributed by atoms with E-state index in [0.717, 1.165) is 11.3 Å². The first-order valence-corrected chi connectivity index (χ1v) is 10.0. The second-order valence-corrected chi connectivity index (χ2v) is 8.97. The normalized spacial score (nSPS) is 13.4. The Morgan fingerprint density at radius 1 is 1.36 bits per heavy atom. The van der Waals surface area contributed by atoms with Crippen molar-refractivity contribution in [3.05, 3.63) is 53.4 Å². The minimum Gasteiger partial charge on any atom is -0.383 e. The smallest absolute Gasteiger partial charge is 0.269 e. The number of rotatable bonds is 5. The van der Waals surface area contributed by atoms with Crippen LogP contribution in [0, 0.1) is 16.7 Å². The number of carbonyl (C=O) groups is 1. The molecule has 148 valence electrons. The Balaban J connectivity index is 2.84. The fraction of sp³-hybridized carbons (Fsp3) is 0.350. The molecule has 0 spiro atoms. The molecule has 1 aromatic carbocycles. The molecule has 0 bridgehead atoms. The van der Waals surface area contributed by atoms with E-state index in [4.69, 9.17) is 27.9 Å². The SMILES string of the molecule is COCCn1c(=C(C#N)C(=O)C(C)(C)C)sc(=Cc2ccc(Cl)cc2Cl)c1=O. The van der Waals surface area contributed by atoms with Gasteiger partial charge >= 0.3 is 0 Å². The molecule has 0 unspecified atom stereocenters. The average molecular weight is 439 g/mol. The number of halogens is 2. The Labute approximate surface area is 177 Å². The maximum Gasteiger partial charge on any atom is 0.269 e. The Kier molecular flexibility index (Phi) is 7.24. The van der Waals surface area contributed by atoms with Gasteiger partial charge in [0.25, 0.3) is 5.56 Å². The summed E-state index contributed by atoms with van der Waals surface area (Å²) in [5.41, 5.74) is -0.471. The maximum absolute atomic E-state index is 13.0. The zero-order valence-electron chi connectivity index (χ0n) is 16.0. The van der Waals surface area contributed by atoms with Crippen LogP contribution in [0.2, 0.25) is 10.0 Å².